The monoisotopic (exact) mass is 474 g/mol. The predicted octanol–water partition coefficient (Wildman–Crippen LogP) is 6.32. The molecule has 0 bridgehead atoms. The highest BCUT2D eigenvalue weighted by atomic mass is 35.5. The van der Waals surface area contributed by atoms with E-state index in [-0.39, 0.29) is 22.7 Å². The molecule has 0 saturated carbocycles. The molecule has 1 atom stereocenters. The van der Waals surface area contributed by atoms with E-state index in [0.717, 1.165) is 65.6 Å². The Morgan fingerprint density at radius 1 is 0.844 bits per heavy atom. The molecule has 2 nitrogen and oxygen atoms in total. The van der Waals surface area contributed by atoms with E-state index in [9.17, 15) is 13.2 Å². The third kappa shape index (κ3) is 4.55. The van der Waals surface area contributed by atoms with Crippen molar-refractivity contribution in [2.24, 2.45) is 0 Å². The average molecular weight is 475 g/mol. The largest absolute Gasteiger partial charge is 0.297 e. The standard InChI is InChI=1S/C25H22ClF3N2S/c26-21-13-20-23(11-17-3-6-19(28)12-24(17)32-25(20)14-22(21)29)31-9-7-30(8-10-31)15-16-1-4-18(27)5-2-16/h1-6,12-14,23H,7-11,15H2/t23-/m0/s1. The number of rotatable bonds is 3. The van der Waals surface area contributed by atoms with Gasteiger partial charge in [-0.05, 0) is 59.5 Å². The summed E-state index contributed by atoms with van der Waals surface area (Å²) < 4.78 is 41.4. The first kappa shape index (κ1) is 21.8. The van der Waals surface area contributed by atoms with Crippen LogP contribution in [0.25, 0.3) is 0 Å². The number of benzene rings is 3. The quantitative estimate of drug-likeness (QED) is 0.438. The van der Waals surface area contributed by atoms with Gasteiger partial charge >= 0.3 is 0 Å². The summed E-state index contributed by atoms with van der Waals surface area (Å²) in [5.74, 6) is -0.973. The van der Waals surface area contributed by atoms with E-state index >= 15 is 0 Å². The van der Waals surface area contributed by atoms with Crippen molar-refractivity contribution in [3.8, 4) is 0 Å². The summed E-state index contributed by atoms with van der Waals surface area (Å²) in [6.07, 6.45) is 0.718. The first-order chi connectivity index (χ1) is 15.5. The van der Waals surface area contributed by atoms with Gasteiger partial charge in [0.1, 0.15) is 17.5 Å². The highest BCUT2D eigenvalue weighted by molar-refractivity contribution is 7.99. The van der Waals surface area contributed by atoms with Crippen molar-refractivity contribution in [3.05, 3.63) is 93.8 Å². The molecule has 7 heteroatoms. The third-order valence-electron chi connectivity index (χ3n) is 6.24. The Hall–Kier alpha value is -1.99. The van der Waals surface area contributed by atoms with Crippen molar-refractivity contribution in [2.75, 3.05) is 26.2 Å². The first-order valence-corrected chi connectivity index (χ1v) is 11.8. The minimum atomic E-state index is -0.458. The Morgan fingerprint density at radius 2 is 1.56 bits per heavy atom. The van der Waals surface area contributed by atoms with E-state index in [1.54, 1.807) is 6.07 Å². The van der Waals surface area contributed by atoms with Gasteiger partial charge in [0.15, 0.2) is 0 Å². The molecule has 1 fully saturated rings. The zero-order valence-corrected chi connectivity index (χ0v) is 18.9. The van der Waals surface area contributed by atoms with Crippen LogP contribution in [-0.4, -0.2) is 36.0 Å². The maximum absolute atomic E-state index is 14.3. The van der Waals surface area contributed by atoms with Crippen molar-refractivity contribution in [1.82, 2.24) is 9.80 Å². The lowest BCUT2D eigenvalue weighted by Gasteiger charge is -2.39. The van der Waals surface area contributed by atoms with Crippen LogP contribution in [0.4, 0.5) is 13.2 Å². The highest BCUT2D eigenvalue weighted by Crippen LogP contribution is 2.44. The number of hydrogen-bond donors (Lipinski definition) is 0. The highest BCUT2D eigenvalue weighted by Gasteiger charge is 2.31. The van der Waals surface area contributed by atoms with Crippen LogP contribution in [0.15, 0.2) is 64.4 Å². The summed E-state index contributed by atoms with van der Waals surface area (Å²) >= 11 is 7.57. The molecule has 0 spiro atoms. The van der Waals surface area contributed by atoms with Crippen LogP contribution in [0.3, 0.4) is 0 Å². The lowest BCUT2D eigenvalue weighted by Crippen LogP contribution is -2.47. The van der Waals surface area contributed by atoms with Crippen molar-refractivity contribution < 1.29 is 13.2 Å². The van der Waals surface area contributed by atoms with Gasteiger partial charge in [-0.1, -0.05) is 41.6 Å². The maximum atomic E-state index is 14.3. The molecule has 1 saturated heterocycles. The molecule has 3 aromatic carbocycles. The third-order valence-corrected chi connectivity index (χ3v) is 7.70. The summed E-state index contributed by atoms with van der Waals surface area (Å²) in [5.41, 5.74) is 3.14. The average Bonchev–Trinajstić information content (AvgIpc) is 2.92. The van der Waals surface area contributed by atoms with Crippen LogP contribution in [0.2, 0.25) is 5.02 Å². The molecule has 0 aliphatic carbocycles. The molecule has 5 rings (SSSR count). The topological polar surface area (TPSA) is 6.48 Å². The molecule has 0 N–H and O–H groups in total. The van der Waals surface area contributed by atoms with Crippen LogP contribution in [0.1, 0.15) is 22.7 Å². The van der Waals surface area contributed by atoms with Gasteiger partial charge in [-0.3, -0.25) is 9.80 Å². The molecule has 0 aromatic heterocycles. The lowest BCUT2D eigenvalue weighted by molar-refractivity contribution is 0.0902. The predicted molar refractivity (Wildman–Crippen MR) is 122 cm³/mol. The van der Waals surface area contributed by atoms with Gasteiger partial charge in [0.25, 0.3) is 0 Å². The summed E-state index contributed by atoms with van der Waals surface area (Å²) in [6, 6.07) is 14.7. The van der Waals surface area contributed by atoms with E-state index in [2.05, 4.69) is 9.80 Å². The van der Waals surface area contributed by atoms with Crippen LogP contribution < -0.4 is 0 Å². The summed E-state index contributed by atoms with van der Waals surface area (Å²) in [7, 11) is 0. The molecule has 2 aliphatic heterocycles. The second-order valence-electron chi connectivity index (χ2n) is 8.32. The van der Waals surface area contributed by atoms with Crippen molar-refractivity contribution in [2.45, 2.75) is 28.8 Å². The van der Waals surface area contributed by atoms with E-state index in [0.29, 0.717) is 0 Å². The molecule has 0 amide bonds. The fourth-order valence-corrected chi connectivity index (χ4v) is 5.87. The molecule has 32 heavy (non-hydrogen) atoms. The molecule has 0 radical (unpaired) electrons. The first-order valence-electron chi connectivity index (χ1n) is 10.6. The zero-order chi connectivity index (χ0) is 22.2. The van der Waals surface area contributed by atoms with Gasteiger partial charge in [-0.2, -0.15) is 0 Å². The van der Waals surface area contributed by atoms with Gasteiger partial charge < -0.3 is 0 Å². The molecule has 0 unspecified atom stereocenters. The second-order valence-corrected chi connectivity index (χ2v) is 9.81. The Balaban J connectivity index is 1.38. The summed E-state index contributed by atoms with van der Waals surface area (Å²) in [6.45, 7) is 4.23. The summed E-state index contributed by atoms with van der Waals surface area (Å²) in [4.78, 5) is 6.38. The van der Waals surface area contributed by atoms with Crippen LogP contribution in [-0.2, 0) is 13.0 Å². The number of hydrogen-bond acceptors (Lipinski definition) is 3. The van der Waals surface area contributed by atoms with Crippen molar-refractivity contribution >= 4 is 23.4 Å². The van der Waals surface area contributed by atoms with Gasteiger partial charge in [0.05, 0.1) is 5.02 Å². The minimum Gasteiger partial charge on any atom is -0.297 e. The van der Waals surface area contributed by atoms with Crippen LogP contribution in [0.5, 0.6) is 0 Å². The Kier molecular flexibility index (Phi) is 6.21. The molecular weight excluding hydrogens is 453 g/mol. The summed E-state index contributed by atoms with van der Waals surface area (Å²) in [5, 5.41) is 0.112. The fourth-order valence-electron chi connectivity index (χ4n) is 4.53. The van der Waals surface area contributed by atoms with Gasteiger partial charge in [-0.25, -0.2) is 13.2 Å². The molecule has 3 aromatic rings. The van der Waals surface area contributed by atoms with Crippen molar-refractivity contribution in [1.29, 1.82) is 0 Å². The second kappa shape index (κ2) is 9.10. The van der Waals surface area contributed by atoms with Crippen molar-refractivity contribution in [3.63, 3.8) is 0 Å². The Bertz CT molecular complexity index is 1130. The van der Waals surface area contributed by atoms with Gasteiger partial charge in [0, 0.05) is 48.6 Å². The molecular formula is C25H22ClF3N2S. The van der Waals surface area contributed by atoms with E-state index in [4.69, 9.17) is 11.6 Å². The smallest absolute Gasteiger partial charge is 0.142 e. The van der Waals surface area contributed by atoms with E-state index in [1.165, 1.54) is 42.1 Å². The SMILES string of the molecule is Fc1ccc(CN2CCN([C@H]3Cc4ccc(F)cc4Sc4cc(F)c(Cl)cc43)CC2)cc1. The van der Waals surface area contributed by atoms with Crippen LogP contribution in [0, 0.1) is 17.5 Å². The number of piperazine rings is 1. The molecule has 2 heterocycles. The minimum absolute atomic E-state index is 0.0373. The maximum Gasteiger partial charge on any atom is 0.142 e. The number of halogens is 4. The molecule has 2 aliphatic rings. The molecule has 166 valence electrons. The van der Waals surface area contributed by atoms with E-state index < -0.39 is 5.82 Å². The zero-order valence-electron chi connectivity index (χ0n) is 17.3. The number of fused-ring (bicyclic) bond motifs is 2. The van der Waals surface area contributed by atoms with E-state index in [1.807, 2.05) is 18.2 Å². The van der Waals surface area contributed by atoms with Gasteiger partial charge in [0.2, 0.25) is 0 Å². The lowest BCUT2D eigenvalue weighted by atomic mass is 9.96. The van der Waals surface area contributed by atoms with Gasteiger partial charge in [-0.15, -0.1) is 0 Å². The number of nitrogens with zero attached hydrogens (tertiary/aromatic N) is 2. The Labute approximate surface area is 195 Å². The fraction of sp³-hybridized carbons (Fsp3) is 0.280. The Morgan fingerprint density at radius 3 is 2.31 bits per heavy atom. The van der Waals surface area contributed by atoms with Crippen LogP contribution >= 0.6 is 23.4 Å². The normalized spacial score (nSPS) is 19.3.